The molecular weight excluding hydrogens is 470 g/mol. The van der Waals surface area contributed by atoms with E-state index in [2.05, 4.69) is 25.6 Å². The fraction of sp³-hybridized carbons (Fsp3) is 0.292. The van der Waals surface area contributed by atoms with Gasteiger partial charge in [0.1, 0.15) is 5.75 Å². The van der Waals surface area contributed by atoms with Crippen LogP contribution in [0, 0.1) is 0 Å². The number of anilines is 1. The topological polar surface area (TPSA) is 124 Å². The van der Waals surface area contributed by atoms with Crippen LogP contribution in [-0.2, 0) is 16.1 Å². The number of rotatable bonds is 10. The highest BCUT2D eigenvalue weighted by atomic mass is 32.2. The Labute approximate surface area is 207 Å². The molecule has 0 aliphatic rings. The van der Waals surface area contributed by atoms with Crippen molar-refractivity contribution in [3.8, 4) is 5.75 Å². The molecular formula is C24H27N5O5S. The molecule has 0 saturated heterocycles. The van der Waals surface area contributed by atoms with Crippen LogP contribution >= 0.6 is 11.8 Å². The van der Waals surface area contributed by atoms with Crippen molar-refractivity contribution < 1.29 is 23.9 Å². The van der Waals surface area contributed by atoms with Crippen LogP contribution in [0.4, 0.5) is 5.69 Å². The molecule has 1 atom stereocenters. The third-order valence-corrected chi connectivity index (χ3v) is 6.04. The maximum Gasteiger partial charge on any atom is 0.337 e. The van der Waals surface area contributed by atoms with Gasteiger partial charge >= 0.3 is 5.97 Å². The normalized spacial score (nSPS) is 11.4. The molecule has 0 bridgehead atoms. The third kappa shape index (κ3) is 6.60. The van der Waals surface area contributed by atoms with Gasteiger partial charge in [0.05, 0.1) is 31.6 Å². The summed E-state index contributed by atoms with van der Waals surface area (Å²) in [7, 11) is 2.88. The Balaban J connectivity index is 1.58. The minimum atomic E-state index is -0.442. The minimum absolute atomic E-state index is 0.115. The van der Waals surface area contributed by atoms with Gasteiger partial charge in [-0.15, -0.1) is 10.2 Å². The molecule has 0 fully saturated rings. The predicted octanol–water partition coefficient (Wildman–Crippen LogP) is 3.32. The Morgan fingerprint density at radius 3 is 2.26 bits per heavy atom. The van der Waals surface area contributed by atoms with Gasteiger partial charge in [-0.2, -0.15) is 0 Å². The van der Waals surface area contributed by atoms with E-state index in [9.17, 15) is 14.4 Å². The Morgan fingerprint density at radius 2 is 1.66 bits per heavy atom. The van der Waals surface area contributed by atoms with Crippen molar-refractivity contribution in [3.05, 3.63) is 65.5 Å². The molecule has 3 rings (SSSR count). The summed E-state index contributed by atoms with van der Waals surface area (Å²) in [5.41, 5.74) is 1.47. The zero-order chi connectivity index (χ0) is 25.4. The summed E-state index contributed by atoms with van der Waals surface area (Å²) in [6.45, 7) is 4.35. The fourth-order valence-corrected chi connectivity index (χ4v) is 4.06. The largest absolute Gasteiger partial charge is 0.497 e. The lowest BCUT2D eigenvalue weighted by Gasteiger charge is -2.15. The number of benzene rings is 2. The number of hydrogen-bond acceptors (Lipinski definition) is 8. The molecule has 10 nitrogen and oxygen atoms in total. The van der Waals surface area contributed by atoms with E-state index < -0.39 is 12.0 Å². The second-order valence-electron chi connectivity index (χ2n) is 7.41. The first-order valence-corrected chi connectivity index (χ1v) is 11.8. The average Bonchev–Trinajstić information content (AvgIpc) is 3.30. The molecule has 0 saturated carbocycles. The third-order valence-electron chi connectivity index (χ3n) is 5.07. The van der Waals surface area contributed by atoms with E-state index in [1.807, 2.05) is 18.4 Å². The number of aromatic nitrogens is 3. The van der Waals surface area contributed by atoms with Gasteiger partial charge in [0.15, 0.2) is 11.0 Å². The van der Waals surface area contributed by atoms with Gasteiger partial charge in [0, 0.05) is 17.8 Å². The standard InChI is InChI=1S/C24H27N5O5S/c1-5-29-21(15(2)25-22(31)16-8-12-19(33-3)13-9-16)27-28-24(29)35-14-20(30)26-18-10-6-17(7-11-18)23(32)34-4/h6-13,15H,5,14H2,1-4H3,(H,25,31)(H,26,30)/t15-/m1/s1. The molecule has 1 heterocycles. The number of carbonyl (C=O) groups excluding carboxylic acids is 3. The molecule has 35 heavy (non-hydrogen) atoms. The number of carbonyl (C=O) groups is 3. The van der Waals surface area contributed by atoms with Gasteiger partial charge in [0.2, 0.25) is 5.91 Å². The van der Waals surface area contributed by atoms with Gasteiger partial charge in [0.25, 0.3) is 5.91 Å². The van der Waals surface area contributed by atoms with Crippen LogP contribution in [0.5, 0.6) is 5.75 Å². The molecule has 2 aromatic carbocycles. The molecule has 184 valence electrons. The number of methoxy groups -OCH3 is 2. The number of thioether (sulfide) groups is 1. The zero-order valence-corrected chi connectivity index (χ0v) is 20.7. The highest BCUT2D eigenvalue weighted by molar-refractivity contribution is 7.99. The molecule has 0 aliphatic heterocycles. The van der Waals surface area contributed by atoms with Crippen LogP contribution in [-0.4, -0.2) is 52.5 Å². The van der Waals surface area contributed by atoms with Crippen molar-refractivity contribution in [3.63, 3.8) is 0 Å². The average molecular weight is 498 g/mol. The number of nitrogens with zero attached hydrogens (tertiary/aromatic N) is 3. The van der Waals surface area contributed by atoms with Crippen LogP contribution < -0.4 is 15.4 Å². The number of ether oxygens (including phenoxy) is 2. The smallest absolute Gasteiger partial charge is 0.337 e. The summed E-state index contributed by atoms with van der Waals surface area (Å²) in [6.07, 6.45) is 0. The maximum absolute atomic E-state index is 12.6. The maximum atomic E-state index is 12.6. The predicted molar refractivity (Wildman–Crippen MR) is 132 cm³/mol. The SMILES string of the molecule is CCn1c(SCC(=O)Nc2ccc(C(=O)OC)cc2)nnc1[C@@H](C)NC(=O)c1ccc(OC)cc1. The Kier molecular flexibility index (Phi) is 8.85. The quantitative estimate of drug-likeness (QED) is 0.323. The van der Waals surface area contributed by atoms with E-state index in [4.69, 9.17) is 4.74 Å². The minimum Gasteiger partial charge on any atom is -0.497 e. The van der Waals surface area contributed by atoms with Crippen LogP contribution in [0.1, 0.15) is 46.4 Å². The van der Waals surface area contributed by atoms with Crippen molar-refractivity contribution in [1.29, 1.82) is 0 Å². The second-order valence-corrected chi connectivity index (χ2v) is 8.36. The summed E-state index contributed by atoms with van der Waals surface area (Å²) < 4.78 is 11.7. The van der Waals surface area contributed by atoms with Gasteiger partial charge < -0.3 is 24.7 Å². The van der Waals surface area contributed by atoms with Crippen molar-refractivity contribution in [2.45, 2.75) is 31.6 Å². The second kappa shape index (κ2) is 12.0. The Hall–Kier alpha value is -3.86. The lowest BCUT2D eigenvalue weighted by molar-refractivity contribution is -0.113. The molecule has 3 aromatic rings. The fourth-order valence-electron chi connectivity index (χ4n) is 3.25. The molecule has 11 heteroatoms. The lowest BCUT2D eigenvalue weighted by atomic mass is 10.2. The Bertz CT molecular complexity index is 1180. The molecule has 2 N–H and O–H groups in total. The van der Waals surface area contributed by atoms with Crippen molar-refractivity contribution in [2.75, 3.05) is 25.3 Å². The van der Waals surface area contributed by atoms with Gasteiger partial charge in [-0.05, 0) is 62.4 Å². The number of amides is 2. The lowest BCUT2D eigenvalue weighted by Crippen LogP contribution is -2.28. The molecule has 0 spiro atoms. The monoisotopic (exact) mass is 497 g/mol. The number of hydrogen-bond donors (Lipinski definition) is 2. The van der Waals surface area contributed by atoms with E-state index >= 15 is 0 Å². The van der Waals surface area contributed by atoms with E-state index in [-0.39, 0.29) is 17.6 Å². The van der Waals surface area contributed by atoms with Crippen molar-refractivity contribution in [2.24, 2.45) is 0 Å². The molecule has 2 amide bonds. The first kappa shape index (κ1) is 25.8. The summed E-state index contributed by atoms with van der Waals surface area (Å²) in [5, 5.41) is 14.7. The van der Waals surface area contributed by atoms with Crippen molar-refractivity contribution >= 4 is 35.2 Å². The summed E-state index contributed by atoms with van der Waals surface area (Å²) in [4.78, 5) is 36.5. The first-order valence-electron chi connectivity index (χ1n) is 10.8. The molecule has 0 unspecified atom stereocenters. The molecule has 0 radical (unpaired) electrons. The summed E-state index contributed by atoms with van der Waals surface area (Å²) >= 11 is 1.24. The number of esters is 1. The van der Waals surface area contributed by atoms with E-state index in [1.54, 1.807) is 55.6 Å². The highest BCUT2D eigenvalue weighted by Crippen LogP contribution is 2.22. The molecule has 0 aliphatic carbocycles. The van der Waals surface area contributed by atoms with E-state index in [0.29, 0.717) is 40.1 Å². The van der Waals surface area contributed by atoms with Gasteiger partial charge in [-0.25, -0.2) is 4.79 Å². The van der Waals surface area contributed by atoms with Crippen LogP contribution in [0.3, 0.4) is 0 Å². The zero-order valence-electron chi connectivity index (χ0n) is 19.9. The summed E-state index contributed by atoms with van der Waals surface area (Å²) in [5.74, 6) is 0.470. The van der Waals surface area contributed by atoms with E-state index in [0.717, 1.165) is 0 Å². The highest BCUT2D eigenvalue weighted by Gasteiger charge is 2.20. The first-order chi connectivity index (χ1) is 16.9. The van der Waals surface area contributed by atoms with Crippen LogP contribution in [0.2, 0.25) is 0 Å². The summed E-state index contributed by atoms with van der Waals surface area (Å²) in [6, 6.07) is 12.9. The van der Waals surface area contributed by atoms with Gasteiger partial charge in [-0.1, -0.05) is 11.8 Å². The number of nitrogens with one attached hydrogen (secondary N) is 2. The van der Waals surface area contributed by atoms with E-state index in [1.165, 1.54) is 18.9 Å². The van der Waals surface area contributed by atoms with Gasteiger partial charge in [-0.3, -0.25) is 9.59 Å². The molecule has 1 aromatic heterocycles. The van der Waals surface area contributed by atoms with Crippen LogP contribution in [0.15, 0.2) is 53.7 Å². The van der Waals surface area contributed by atoms with Crippen molar-refractivity contribution in [1.82, 2.24) is 20.1 Å². The Morgan fingerprint density at radius 1 is 1.00 bits per heavy atom. The van der Waals surface area contributed by atoms with Crippen LogP contribution in [0.25, 0.3) is 0 Å².